The van der Waals surface area contributed by atoms with Crippen LogP contribution < -0.4 is 9.47 Å². The second-order valence-electron chi connectivity index (χ2n) is 8.14. The molecule has 1 unspecified atom stereocenters. The lowest BCUT2D eigenvalue weighted by molar-refractivity contribution is 0.0523. The number of aliphatic hydroxyl groups is 1. The van der Waals surface area contributed by atoms with Crippen LogP contribution in [0.4, 0.5) is 0 Å². The average Bonchev–Trinajstić information content (AvgIpc) is 3.39. The Hall–Kier alpha value is -3.58. The van der Waals surface area contributed by atoms with Gasteiger partial charge in [0.25, 0.3) is 11.8 Å². The number of aromatic amines is 1. The van der Waals surface area contributed by atoms with Crippen molar-refractivity contribution in [2.75, 3.05) is 13.7 Å². The topological polar surface area (TPSA) is 91.9 Å². The molecule has 2 aromatic carbocycles. The largest absolute Gasteiger partial charge is 0.493 e. The SMILES string of the molecule is CCOc1cc([C@@H](CC(C)O)N2C(=O)c3cccc(Cc4ccc[nH]4)c3C2=O)ccc1OC. The first-order valence-corrected chi connectivity index (χ1v) is 11.0. The maximum atomic E-state index is 13.6. The van der Waals surface area contributed by atoms with Crippen LogP contribution in [0, 0.1) is 0 Å². The number of methoxy groups -OCH3 is 1. The van der Waals surface area contributed by atoms with E-state index in [0.29, 0.717) is 41.2 Å². The molecule has 1 aliphatic heterocycles. The molecule has 2 amide bonds. The number of benzene rings is 2. The Bertz CT molecular complexity index is 1150. The summed E-state index contributed by atoms with van der Waals surface area (Å²) in [6, 6.07) is 13.9. The van der Waals surface area contributed by atoms with Gasteiger partial charge in [0.2, 0.25) is 0 Å². The van der Waals surface area contributed by atoms with Crippen molar-refractivity contribution in [1.82, 2.24) is 9.88 Å². The van der Waals surface area contributed by atoms with E-state index >= 15 is 0 Å². The summed E-state index contributed by atoms with van der Waals surface area (Å²) in [6.07, 6.45) is 1.82. The maximum absolute atomic E-state index is 13.6. The van der Waals surface area contributed by atoms with E-state index in [-0.39, 0.29) is 18.2 Å². The maximum Gasteiger partial charge on any atom is 0.262 e. The number of aromatic nitrogens is 1. The van der Waals surface area contributed by atoms with Gasteiger partial charge in [0.05, 0.1) is 37.0 Å². The van der Waals surface area contributed by atoms with Gasteiger partial charge in [-0.2, -0.15) is 0 Å². The summed E-state index contributed by atoms with van der Waals surface area (Å²) in [5, 5.41) is 10.2. The number of ether oxygens (including phenoxy) is 2. The molecule has 0 bridgehead atoms. The molecule has 2 heterocycles. The Morgan fingerprint density at radius 2 is 1.88 bits per heavy atom. The van der Waals surface area contributed by atoms with Crippen LogP contribution in [0.25, 0.3) is 0 Å². The van der Waals surface area contributed by atoms with Gasteiger partial charge in [0, 0.05) is 18.3 Å². The Labute approximate surface area is 193 Å². The van der Waals surface area contributed by atoms with Crippen molar-refractivity contribution >= 4 is 11.8 Å². The van der Waals surface area contributed by atoms with Crippen LogP contribution in [0.15, 0.2) is 54.7 Å². The van der Waals surface area contributed by atoms with Crippen LogP contribution in [-0.4, -0.2) is 46.6 Å². The van der Waals surface area contributed by atoms with E-state index < -0.39 is 12.1 Å². The lowest BCUT2D eigenvalue weighted by Crippen LogP contribution is -2.36. The van der Waals surface area contributed by atoms with Gasteiger partial charge in [-0.25, -0.2) is 0 Å². The van der Waals surface area contributed by atoms with Crippen LogP contribution in [0.1, 0.15) is 63.8 Å². The summed E-state index contributed by atoms with van der Waals surface area (Å²) < 4.78 is 11.1. The quantitative estimate of drug-likeness (QED) is 0.481. The van der Waals surface area contributed by atoms with E-state index in [1.807, 2.05) is 31.3 Å². The Morgan fingerprint density at radius 1 is 1.06 bits per heavy atom. The first-order chi connectivity index (χ1) is 15.9. The number of H-pyrrole nitrogens is 1. The average molecular weight is 449 g/mol. The fourth-order valence-corrected chi connectivity index (χ4v) is 4.37. The number of carbonyl (C=O) groups excluding carboxylic acids is 2. The van der Waals surface area contributed by atoms with Crippen LogP contribution in [0.5, 0.6) is 11.5 Å². The van der Waals surface area contributed by atoms with Crippen molar-refractivity contribution in [2.45, 2.75) is 38.8 Å². The van der Waals surface area contributed by atoms with E-state index in [2.05, 4.69) is 4.98 Å². The number of rotatable bonds is 9. The highest BCUT2D eigenvalue weighted by Gasteiger charge is 2.42. The summed E-state index contributed by atoms with van der Waals surface area (Å²) >= 11 is 0. The number of carbonyl (C=O) groups is 2. The highest BCUT2D eigenvalue weighted by molar-refractivity contribution is 6.22. The Balaban J connectivity index is 1.75. The normalized spacial score (nSPS) is 14.8. The van der Waals surface area contributed by atoms with E-state index in [1.54, 1.807) is 44.4 Å². The van der Waals surface area contributed by atoms with E-state index in [4.69, 9.17) is 9.47 Å². The van der Waals surface area contributed by atoms with Crippen molar-refractivity contribution in [2.24, 2.45) is 0 Å². The summed E-state index contributed by atoms with van der Waals surface area (Å²) in [5.41, 5.74) is 3.25. The summed E-state index contributed by atoms with van der Waals surface area (Å²) in [4.78, 5) is 31.5. The molecular weight excluding hydrogens is 420 g/mol. The van der Waals surface area contributed by atoms with Crippen LogP contribution >= 0.6 is 0 Å². The van der Waals surface area contributed by atoms with Crippen molar-refractivity contribution in [3.63, 3.8) is 0 Å². The van der Waals surface area contributed by atoms with Crippen molar-refractivity contribution < 1.29 is 24.2 Å². The van der Waals surface area contributed by atoms with Gasteiger partial charge >= 0.3 is 0 Å². The number of fused-ring (bicyclic) bond motifs is 1. The predicted octanol–water partition coefficient (Wildman–Crippen LogP) is 4.12. The molecule has 7 heteroatoms. The second kappa shape index (κ2) is 9.50. The molecule has 0 fully saturated rings. The lowest BCUT2D eigenvalue weighted by atomic mass is 9.98. The van der Waals surface area contributed by atoms with E-state index in [9.17, 15) is 14.7 Å². The van der Waals surface area contributed by atoms with Gasteiger partial charge in [-0.15, -0.1) is 0 Å². The second-order valence-corrected chi connectivity index (χ2v) is 8.14. The number of nitrogens with zero attached hydrogens (tertiary/aromatic N) is 1. The molecule has 0 radical (unpaired) electrons. The molecule has 4 rings (SSSR count). The van der Waals surface area contributed by atoms with Gasteiger partial charge in [0.15, 0.2) is 11.5 Å². The molecule has 2 N–H and O–H groups in total. The smallest absolute Gasteiger partial charge is 0.262 e. The molecule has 33 heavy (non-hydrogen) atoms. The number of aliphatic hydroxyl groups excluding tert-OH is 1. The fraction of sp³-hybridized carbons (Fsp3) is 0.308. The van der Waals surface area contributed by atoms with Crippen molar-refractivity contribution in [3.05, 3.63) is 82.7 Å². The minimum absolute atomic E-state index is 0.204. The van der Waals surface area contributed by atoms with Gasteiger partial charge in [-0.05, 0) is 61.7 Å². The molecule has 172 valence electrons. The molecule has 0 saturated carbocycles. The summed E-state index contributed by atoms with van der Waals surface area (Å²) in [7, 11) is 1.56. The molecule has 1 aliphatic rings. The predicted molar refractivity (Wildman–Crippen MR) is 124 cm³/mol. The number of hydrogen-bond acceptors (Lipinski definition) is 5. The number of amides is 2. The minimum Gasteiger partial charge on any atom is -0.493 e. The molecule has 7 nitrogen and oxygen atoms in total. The summed E-state index contributed by atoms with van der Waals surface area (Å²) in [6.45, 7) is 3.96. The molecule has 0 spiro atoms. The molecule has 1 aromatic heterocycles. The van der Waals surface area contributed by atoms with Crippen molar-refractivity contribution in [1.29, 1.82) is 0 Å². The zero-order valence-electron chi connectivity index (χ0n) is 19.0. The first kappa shape index (κ1) is 22.6. The van der Waals surface area contributed by atoms with E-state index in [1.165, 1.54) is 4.90 Å². The molecule has 3 aromatic rings. The van der Waals surface area contributed by atoms with Crippen LogP contribution in [-0.2, 0) is 6.42 Å². The third-order valence-corrected chi connectivity index (χ3v) is 5.82. The third kappa shape index (κ3) is 4.36. The highest BCUT2D eigenvalue weighted by atomic mass is 16.5. The molecule has 0 aliphatic carbocycles. The number of imide groups is 1. The molecule has 2 atom stereocenters. The lowest BCUT2D eigenvalue weighted by Gasteiger charge is -2.28. The molecule has 0 saturated heterocycles. The first-order valence-electron chi connectivity index (χ1n) is 11.0. The van der Waals surface area contributed by atoms with Gasteiger partial charge in [-0.1, -0.05) is 18.2 Å². The zero-order valence-corrected chi connectivity index (χ0v) is 19.0. The van der Waals surface area contributed by atoms with Gasteiger partial charge in [0.1, 0.15) is 0 Å². The van der Waals surface area contributed by atoms with Crippen LogP contribution in [0.3, 0.4) is 0 Å². The third-order valence-electron chi connectivity index (χ3n) is 5.82. The number of hydrogen-bond donors (Lipinski definition) is 2. The Morgan fingerprint density at radius 3 is 2.55 bits per heavy atom. The molecular formula is C26H28N2O5. The van der Waals surface area contributed by atoms with Gasteiger partial charge < -0.3 is 19.6 Å². The monoisotopic (exact) mass is 448 g/mol. The standard InChI is InChI=1S/C26H28N2O5/c1-4-33-23-15-17(10-11-22(23)32-3)21(13-16(2)29)28-25(30)20-9-5-7-18(24(20)26(28)31)14-19-8-6-12-27-19/h5-12,15-16,21,27,29H,4,13-14H2,1-3H3/t16?,21-/m1/s1. The number of nitrogens with one attached hydrogen (secondary N) is 1. The highest BCUT2D eigenvalue weighted by Crippen LogP contribution is 2.39. The zero-order chi connectivity index (χ0) is 23.5. The van der Waals surface area contributed by atoms with Crippen LogP contribution in [0.2, 0.25) is 0 Å². The van der Waals surface area contributed by atoms with Gasteiger partial charge in [-0.3, -0.25) is 14.5 Å². The van der Waals surface area contributed by atoms with Crippen molar-refractivity contribution in [3.8, 4) is 11.5 Å². The Kier molecular flexibility index (Phi) is 6.51. The van der Waals surface area contributed by atoms with E-state index in [0.717, 1.165) is 11.3 Å². The minimum atomic E-state index is -0.727. The fourth-order valence-electron chi connectivity index (χ4n) is 4.37. The summed E-state index contributed by atoms with van der Waals surface area (Å²) in [5.74, 6) is 0.378.